The first-order valence-electron chi connectivity index (χ1n) is 5.36. The fraction of sp³-hybridized carbons (Fsp3) is 0.143. The maximum absolute atomic E-state index is 5.94. The summed E-state index contributed by atoms with van der Waals surface area (Å²) in [6.45, 7) is 0. The Morgan fingerprint density at radius 3 is 2.59 bits per heavy atom. The lowest BCUT2D eigenvalue weighted by molar-refractivity contribution is 0.410. The number of anilines is 1. The molecule has 2 N–H and O–H groups in total. The molecule has 0 saturated carbocycles. The number of benzene rings is 2. The number of para-hydroxylation sites is 1. The zero-order chi connectivity index (χ0) is 12.3. The highest BCUT2D eigenvalue weighted by Crippen LogP contribution is 2.25. The molecule has 88 valence electrons. The average Bonchev–Trinajstić information content (AvgIpc) is 2.33. The fourth-order valence-electron chi connectivity index (χ4n) is 1.78. The molecule has 2 aromatic carbocycles. The van der Waals surface area contributed by atoms with Gasteiger partial charge in [0.25, 0.3) is 0 Å². The summed E-state index contributed by atoms with van der Waals surface area (Å²) < 4.78 is 5.31. The van der Waals surface area contributed by atoms with Crippen molar-refractivity contribution in [3.63, 3.8) is 0 Å². The Morgan fingerprint density at radius 1 is 1.12 bits per heavy atom. The van der Waals surface area contributed by atoms with E-state index in [1.165, 1.54) is 0 Å². The van der Waals surface area contributed by atoms with Crippen molar-refractivity contribution in [1.82, 2.24) is 0 Å². The first-order chi connectivity index (χ1) is 8.20. The maximum atomic E-state index is 5.94. The molecule has 0 unspecified atom stereocenters. The van der Waals surface area contributed by atoms with E-state index in [9.17, 15) is 0 Å². The number of hydrogen-bond acceptors (Lipinski definition) is 2. The Labute approximate surface area is 106 Å². The third-order valence-electron chi connectivity index (χ3n) is 2.68. The average molecular weight is 248 g/mol. The molecule has 2 rings (SSSR count). The van der Waals surface area contributed by atoms with Crippen LogP contribution in [0.25, 0.3) is 0 Å². The Bertz CT molecular complexity index is 525. The largest absolute Gasteiger partial charge is 0.496 e. The molecule has 0 saturated heterocycles. The molecular weight excluding hydrogens is 234 g/mol. The predicted octanol–water partition coefficient (Wildman–Crippen LogP) is 3.52. The van der Waals surface area contributed by atoms with Crippen molar-refractivity contribution < 1.29 is 4.74 Å². The number of nitrogens with two attached hydrogens (primary N) is 1. The molecule has 2 aromatic rings. The van der Waals surface area contributed by atoms with Crippen molar-refractivity contribution in [2.45, 2.75) is 6.42 Å². The van der Waals surface area contributed by atoms with Gasteiger partial charge in [0, 0.05) is 17.1 Å². The molecule has 0 aliphatic carbocycles. The van der Waals surface area contributed by atoms with Gasteiger partial charge in [0.1, 0.15) is 5.75 Å². The lowest BCUT2D eigenvalue weighted by Crippen LogP contribution is -1.97. The topological polar surface area (TPSA) is 35.2 Å². The molecule has 0 aromatic heterocycles. The number of hydrogen-bond donors (Lipinski definition) is 1. The van der Waals surface area contributed by atoms with Crippen LogP contribution in [-0.2, 0) is 6.42 Å². The SMILES string of the molecule is COc1ccccc1Cc1ccc(Cl)cc1N. The highest BCUT2D eigenvalue weighted by Gasteiger charge is 2.05. The van der Waals surface area contributed by atoms with E-state index >= 15 is 0 Å². The summed E-state index contributed by atoms with van der Waals surface area (Å²) in [5.41, 5.74) is 8.82. The smallest absolute Gasteiger partial charge is 0.122 e. The molecule has 3 heteroatoms. The number of methoxy groups -OCH3 is 1. The lowest BCUT2D eigenvalue weighted by Gasteiger charge is -2.10. The van der Waals surface area contributed by atoms with Gasteiger partial charge in [-0.05, 0) is 29.3 Å². The zero-order valence-corrected chi connectivity index (χ0v) is 10.4. The van der Waals surface area contributed by atoms with E-state index in [0.29, 0.717) is 10.7 Å². The molecule has 0 aliphatic rings. The van der Waals surface area contributed by atoms with Crippen LogP contribution in [0.3, 0.4) is 0 Å². The molecule has 0 atom stereocenters. The van der Waals surface area contributed by atoms with Gasteiger partial charge in [-0.1, -0.05) is 35.9 Å². The summed E-state index contributed by atoms with van der Waals surface area (Å²) in [7, 11) is 1.67. The lowest BCUT2D eigenvalue weighted by atomic mass is 10.0. The highest BCUT2D eigenvalue weighted by atomic mass is 35.5. The standard InChI is InChI=1S/C14H14ClNO/c1-17-14-5-3-2-4-11(14)8-10-6-7-12(15)9-13(10)16/h2-7,9H,8,16H2,1H3. The molecule has 0 fully saturated rings. The van der Waals surface area contributed by atoms with Crippen molar-refractivity contribution in [3.8, 4) is 5.75 Å². The summed E-state index contributed by atoms with van der Waals surface area (Å²) >= 11 is 5.87. The molecule has 0 heterocycles. The van der Waals surface area contributed by atoms with Crippen molar-refractivity contribution in [2.24, 2.45) is 0 Å². The third kappa shape index (κ3) is 2.71. The third-order valence-corrected chi connectivity index (χ3v) is 2.92. The summed E-state index contributed by atoms with van der Waals surface area (Å²) in [5, 5.41) is 0.659. The number of nitrogen functional groups attached to an aromatic ring is 1. The molecule has 0 aliphatic heterocycles. The minimum Gasteiger partial charge on any atom is -0.496 e. The van der Waals surface area contributed by atoms with E-state index in [4.69, 9.17) is 22.1 Å². The van der Waals surface area contributed by atoms with Crippen LogP contribution in [0.2, 0.25) is 5.02 Å². The van der Waals surface area contributed by atoms with Gasteiger partial charge in [0.15, 0.2) is 0 Å². The number of halogens is 1. The van der Waals surface area contributed by atoms with Crippen LogP contribution in [0.15, 0.2) is 42.5 Å². The second kappa shape index (κ2) is 5.11. The normalized spacial score (nSPS) is 10.2. The molecule has 17 heavy (non-hydrogen) atoms. The van der Waals surface area contributed by atoms with Gasteiger partial charge in [-0.15, -0.1) is 0 Å². The predicted molar refractivity (Wildman–Crippen MR) is 71.7 cm³/mol. The van der Waals surface area contributed by atoms with Gasteiger partial charge >= 0.3 is 0 Å². The van der Waals surface area contributed by atoms with Gasteiger partial charge in [-0.2, -0.15) is 0 Å². The second-order valence-corrected chi connectivity index (χ2v) is 4.27. The highest BCUT2D eigenvalue weighted by molar-refractivity contribution is 6.30. The van der Waals surface area contributed by atoms with E-state index in [2.05, 4.69) is 0 Å². The van der Waals surface area contributed by atoms with Crippen molar-refractivity contribution in [2.75, 3.05) is 12.8 Å². The van der Waals surface area contributed by atoms with E-state index < -0.39 is 0 Å². The molecule has 0 radical (unpaired) electrons. The quantitative estimate of drug-likeness (QED) is 0.843. The van der Waals surface area contributed by atoms with Gasteiger partial charge in [-0.25, -0.2) is 0 Å². The van der Waals surface area contributed by atoms with Gasteiger partial charge in [0.05, 0.1) is 7.11 Å². The van der Waals surface area contributed by atoms with Crippen LogP contribution in [0.5, 0.6) is 5.75 Å². The van der Waals surface area contributed by atoms with Gasteiger partial charge in [0.2, 0.25) is 0 Å². The first-order valence-corrected chi connectivity index (χ1v) is 5.74. The van der Waals surface area contributed by atoms with E-state index in [1.807, 2.05) is 36.4 Å². The summed E-state index contributed by atoms with van der Waals surface area (Å²) in [4.78, 5) is 0. The van der Waals surface area contributed by atoms with Gasteiger partial charge < -0.3 is 10.5 Å². The minimum absolute atomic E-state index is 0.659. The van der Waals surface area contributed by atoms with E-state index in [-0.39, 0.29) is 0 Å². The zero-order valence-electron chi connectivity index (χ0n) is 9.61. The van der Waals surface area contributed by atoms with E-state index in [0.717, 1.165) is 23.3 Å². The molecule has 2 nitrogen and oxygen atoms in total. The van der Waals surface area contributed by atoms with Crippen LogP contribution >= 0.6 is 11.6 Å². The first kappa shape index (κ1) is 11.8. The van der Waals surface area contributed by atoms with E-state index in [1.54, 1.807) is 13.2 Å². The summed E-state index contributed by atoms with van der Waals surface area (Å²) in [6, 6.07) is 13.5. The molecular formula is C14H14ClNO. The Morgan fingerprint density at radius 2 is 1.88 bits per heavy atom. The molecule has 0 bridgehead atoms. The van der Waals surface area contributed by atoms with Crippen LogP contribution in [0.4, 0.5) is 5.69 Å². The van der Waals surface area contributed by atoms with Crippen LogP contribution in [-0.4, -0.2) is 7.11 Å². The number of rotatable bonds is 3. The van der Waals surface area contributed by atoms with Gasteiger partial charge in [-0.3, -0.25) is 0 Å². The Kier molecular flexibility index (Phi) is 3.55. The molecule has 0 amide bonds. The van der Waals surface area contributed by atoms with Crippen LogP contribution < -0.4 is 10.5 Å². The summed E-state index contributed by atoms with van der Waals surface area (Å²) in [5.74, 6) is 0.877. The Balaban J connectivity index is 2.31. The second-order valence-electron chi connectivity index (χ2n) is 3.83. The molecule has 0 spiro atoms. The van der Waals surface area contributed by atoms with Crippen molar-refractivity contribution in [3.05, 3.63) is 58.6 Å². The minimum atomic E-state index is 0.659. The maximum Gasteiger partial charge on any atom is 0.122 e. The monoisotopic (exact) mass is 247 g/mol. The Hall–Kier alpha value is -1.67. The van der Waals surface area contributed by atoms with Crippen molar-refractivity contribution in [1.29, 1.82) is 0 Å². The fourth-order valence-corrected chi connectivity index (χ4v) is 1.96. The van der Waals surface area contributed by atoms with Crippen molar-refractivity contribution >= 4 is 17.3 Å². The number of ether oxygens (including phenoxy) is 1. The van der Waals surface area contributed by atoms with Crippen LogP contribution in [0.1, 0.15) is 11.1 Å². The van der Waals surface area contributed by atoms with Crippen LogP contribution in [0, 0.1) is 0 Å². The summed E-state index contributed by atoms with van der Waals surface area (Å²) in [6.07, 6.45) is 0.743.